The highest BCUT2D eigenvalue weighted by Crippen LogP contribution is 2.31. The third-order valence-corrected chi connectivity index (χ3v) is 5.90. The molecule has 4 rings (SSSR count). The molecule has 37 heavy (non-hydrogen) atoms. The van der Waals surface area contributed by atoms with Crippen molar-refractivity contribution in [2.75, 3.05) is 12.4 Å². The fourth-order valence-corrected chi connectivity index (χ4v) is 3.83. The fraction of sp³-hybridized carbons (Fsp3) is 0.192. The summed E-state index contributed by atoms with van der Waals surface area (Å²) < 4.78 is 66.7. The van der Waals surface area contributed by atoms with Gasteiger partial charge >= 0.3 is 0 Å². The lowest BCUT2D eigenvalue weighted by Crippen LogP contribution is -2.35. The Hall–Kier alpha value is -3.99. The maximum Gasteiger partial charge on any atom is 0.263 e. The molecule has 192 valence electrons. The maximum atomic E-state index is 14.3. The van der Waals surface area contributed by atoms with Crippen LogP contribution in [0.1, 0.15) is 41.3 Å². The average molecular weight is 532 g/mol. The number of hydrogen-bond donors (Lipinski definition) is 2. The van der Waals surface area contributed by atoms with E-state index in [-0.39, 0.29) is 5.11 Å². The molecular weight excluding hydrogens is 510 g/mol. The van der Waals surface area contributed by atoms with Crippen molar-refractivity contribution >= 4 is 40.0 Å². The van der Waals surface area contributed by atoms with Crippen LogP contribution in [0.2, 0.25) is 0 Å². The topological polar surface area (TPSA) is 76.4 Å². The van der Waals surface area contributed by atoms with Crippen LogP contribution < -0.4 is 15.4 Å². The van der Waals surface area contributed by atoms with Crippen molar-refractivity contribution in [2.24, 2.45) is 0 Å². The summed E-state index contributed by atoms with van der Waals surface area (Å²) in [6.45, 7) is 5.91. The Morgan fingerprint density at radius 1 is 1.03 bits per heavy atom. The van der Waals surface area contributed by atoms with E-state index in [0.29, 0.717) is 39.7 Å². The first-order valence-electron chi connectivity index (χ1n) is 11.1. The molecule has 2 N–H and O–H groups in total. The second-order valence-electron chi connectivity index (χ2n) is 8.50. The number of thiocarbonyl (C=S) groups is 1. The van der Waals surface area contributed by atoms with Crippen molar-refractivity contribution in [1.82, 2.24) is 10.3 Å². The first-order chi connectivity index (χ1) is 17.5. The third kappa shape index (κ3) is 4.99. The molecule has 1 aromatic heterocycles. The van der Waals surface area contributed by atoms with Gasteiger partial charge in [0.15, 0.2) is 28.1 Å². The number of nitrogens with one attached hydrogen (secondary N) is 2. The molecule has 0 saturated carbocycles. The Morgan fingerprint density at radius 2 is 1.70 bits per heavy atom. The number of ether oxygens (including phenoxy) is 1. The minimum absolute atomic E-state index is 0.323. The van der Waals surface area contributed by atoms with Crippen LogP contribution in [0.5, 0.6) is 5.75 Å². The first kappa shape index (κ1) is 26.1. The molecule has 0 spiro atoms. The van der Waals surface area contributed by atoms with Crippen LogP contribution in [-0.4, -0.2) is 23.1 Å². The van der Waals surface area contributed by atoms with Crippen LogP contribution in [0.15, 0.2) is 40.8 Å². The second kappa shape index (κ2) is 10.2. The Kier molecular flexibility index (Phi) is 7.17. The molecule has 6 nitrogen and oxygen atoms in total. The highest BCUT2D eigenvalue weighted by molar-refractivity contribution is 7.80. The van der Waals surface area contributed by atoms with Crippen molar-refractivity contribution in [3.05, 3.63) is 76.4 Å². The number of aryl methyl sites for hydroxylation is 1. The van der Waals surface area contributed by atoms with Gasteiger partial charge in [0.2, 0.25) is 17.5 Å². The predicted octanol–water partition coefficient (Wildman–Crippen LogP) is 6.62. The third-order valence-electron chi connectivity index (χ3n) is 5.69. The standard InChI is InChI=1S/C26H21F4N3O3S/c1-11(2)13-7-8-17-16(9-13)31-25(36-17)14-6-5-12(3)15(10-14)32-26(37)33-24(34)18-19(27)21(29)23(35-4)22(30)20(18)28/h5-11H,1-4H3,(H2,32,33,34,37). The number of amides is 1. The van der Waals surface area contributed by atoms with Gasteiger partial charge in [0.05, 0.1) is 7.11 Å². The van der Waals surface area contributed by atoms with Gasteiger partial charge in [0.25, 0.3) is 5.91 Å². The zero-order valence-electron chi connectivity index (χ0n) is 20.1. The maximum absolute atomic E-state index is 14.3. The molecule has 1 amide bonds. The Labute approximate surface area is 214 Å². The lowest BCUT2D eigenvalue weighted by molar-refractivity contribution is 0.0966. The molecule has 0 radical (unpaired) electrons. The summed E-state index contributed by atoms with van der Waals surface area (Å²) in [6, 6.07) is 11.0. The number of fused-ring (bicyclic) bond motifs is 1. The molecule has 1 heterocycles. The van der Waals surface area contributed by atoms with E-state index in [4.69, 9.17) is 16.6 Å². The van der Waals surface area contributed by atoms with Gasteiger partial charge in [-0.2, -0.15) is 8.78 Å². The Bertz CT molecular complexity index is 1520. The van der Waals surface area contributed by atoms with Gasteiger partial charge in [0, 0.05) is 11.3 Å². The largest absolute Gasteiger partial charge is 0.491 e. The summed E-state index contributed by atoms with van der Waals surface area (Å²) in [5.74, 6) is -9.59. The summed E-state index contributed by atoms with van der Waals surface area (Å²) >= 11 is 5.08. The lowest BCUT2D eigenvalue weighted by Gasteiger charge is -2.14. The van der Waals surface area contributed by atoms with E-state index in [2.05, 4.69) is 28.9 Å². The number of methoxy groups -OCH3 is 1. The van der Waals surface area contributed by atoms with Crippen LogP contribution in [0.3, 0.4) is 0 Å². The fourth-order valence-electron chi connectivity index (χ4n) is 3.63. The number of carbonyl (C=O) groups is 1. The van der Waals surface area contributed by atoms with Gasteiger partial charge < -0.3 is 14.5 Å². The van der Waals surface area contributed by atoms with E-state index in [1.54, 1.807) is 25.1 Å². The summed E-state index contributed by atoms with van der Waals surface area (Å²) in [6.07, 6.45) is 0. The smallest absolute Gasteiger partial charge is 0.263 e. The summed E-state index contributed by atoms with van der Waals surface area (Å²) in [4.78, 5) is 17.0. The number of aromatic nitrogens is 1. The van der Waals surface area contributed by atoms with Gasteiger partial charge in [-0.25, -0.2) is 13.8 Å². The first-order valence-corrected chi connectivity index (χ1v) is 11.5. The molecule has 3 aromatic carbocycles. The number of anilines is 1. The van der Waals surface area contributed by atoms with Gasteiger partial charge in [-0.15, -0.1) is 0 Å². The zero-order chi connectivity index (χ0) is 27.0. The molecular formula is C26H21F4N3O3S. The lowest BCUT2D eigenvalue weighted by atomic mass is 10.0. The van der Waals surface area contributed by atoms with E-state index in [1.807, 2.05) is 23.5 Å². The molecule has 0 fully saturated rings. The van der Waals surface area contributed by atoms with Crippen LogP contribution in [-0.2, 0) is 0 Å². The van der Waals surface area contributed by atoms with Gasteiger partial charge in [-0.1, -0.05) is 26.0 Å². The number of carbonyl (C=O) groups excluding carboxylic acids is 1. The number of oxazole rings is 1. The molecule has 0 atom stereocenters. The quantitative estimate of drug-likeness (QED) is 0.171. The van der Waals surface area contributed by atoms with Crippen molar-refractivity contribution in [1.29, 1.82) is 0 Å². The molecule has 0 unspecified atom stereocenters. The van der Waals surface area contributed by atoms with Crippen molar-refractivity contribution < 1.29 is 31.5 Å². The van der Waals surface area contributed by atoms with Crippen molar-refractivity contribution in [3.63, 3.8) is 0 Å². The minimum atomic E-state index is -1.91. The number of rotatable bonds is 5. The van der Waals surface area contributed by atoms with Crippen molar-refractivity contribution in [2.45, 2.75) is 26.7 Å². The second-order valence-corrected chi connectivity index (χ2v) is 8.91. The minimum Gasteiger partial charge on any atom is -0.491 e. The molecule has 0 aliphatic rings. The predicted molar refractivity (Wildman–Crippen MR) is 135 cm³/mol. The van der Waals surface area contributed by atoms with Crippen LogP contribution in [0.25, 0.3) is 22.6 Å². The highest BCUT2D eigenvalue weighted by atomic mass is 32.1. The molecule has 4 aromatic rings. The van der Waals surface area contributed by atoms with Crippen LogP contribution >= 0.6 is 12.2 Å². The normalized spacial score (nSPS) is 11.2. The Morgan fingerprint density at radius 3 is 2.32 bits per heavy atom. The molecule has 0 aliphatic heterocycles. The number of nitrogens with zero attached hydrogens (tertiary/aromatic N) is 1. The molecule has 0 bridgehead atoms. The average Bonchev–Trinajstić information content (AvgIpc) is 3.28. The van der Waals surface area contributed by atoms with E-state index in [0.717, 1.165) is 12.7 Å². The van der Waals surface area contributed by atoms with Crippen LogP contribution in [0, 0.1) is 30.2 Å². The SMILES string of the molecule is COc1c(F)c(F)c(C(=O)NC(=S)Nc2cc(-c3nc4cc(C(C)C)ccc4o3)ccc2C)c(F)c1F. The van der Waals surface area contributed by atoms with Gasteiger partial charge in [0.1, 0.15) is 11.1 Å². The monoisotopic (exact) mass is 531 g/mol. The zero-order valence-corrected chi connectivity index (χ0v) is 21.0. The summed E-state index contributed by atoms with van der Waals surface area (Å²) in [7, 11) is 0.833. The van der Waals surface area contributed by atoms with Gasteiger partial charge in [-0.05, 0) is 60.5 Å². The van der Waals surface area contributed by atoms with E-state index < -0.39 is 40.5 Å². The van der Waals surface area contributed by atoms with E-state index >= 15 is 0 Å². The van der Waals surface area contributed by atoms with Crippen molar-refractivity contribution in [3.8, 4) is 17.2 Å². The molecule has 0 saturated heterocycles. The summed E-state index contributed by atoms with van der Waals surface area (Å²) in [5, 5.41) is 4.41. The molecule has 11 heteroatoms. The Balaban J connectivity index is 1.57. The van der Waals surface area contributed by atoms with E-state index in [9.17, 15) is 22.4 Å². The number of benzene rings is 3. The molecule has 0 aliphatic carbocycles. The van der Waals surface area contributed by atoms with Crippen LogP contribution in [0.4, 0.5) is 23.2 Å². The van der Waals surface area contributed by atoms with E-state index in [1.165, 1.54) is 0 Å². The van der Waals surface area contributed by atoms with Gasteiger partial charge in [-0.3, -0.25) is 10.1 Å². The highest BCUT2D eigenvalue weighted by Gasteiger charge is 2.30. The summed E-state index contributed by atoms with van der Waals surface area (Å²) in [5.41, 5.74) is 2.68. The number of halogens is 4. The number of hydrogen-bond acceptors (Lipinski definition) is 5.